The first-order chi connectivity index (χ1) is 12.4. The predicted octanol–water partition coefficient (Wildman–Crippen LogP) is 4.15. The molecule has 1 heterocycles. The van der Waals surface area contributed by atoms with Crippen LogP contribution in [0.3, 0.4) is 0 Å². The Balaban J connectivity index is 0.00000364. The van der Waals surface area contributed by atoms with Gasteiger partial charge in [0.1, 0.15) is 0 Å². The van der Waals surface area contributed by atoms with Crippen LogP contribution in [0.25, 0.3) is 0 Å². The Morgan fingerprint density at radius 3 is 2.48 bits per heavy atom. The standard InChI is InChI=1S/C20H31N5S.HI/c1-6-21-18(22-13-17-14-26-19(24-17)25(4)5)23-15-20(2,3)12-16-10-8-7-9-11-16;/h7-11,14H,6,12-13,15H2,1-5H3,(H2,21,22,23);1H. The summed E-state index contributed by atoms with van der Waals surface area (Å²) in [6, 6.07) is 10.6. The molecule has 0 amide bonds. The summed E-state index contributed by atoms with van der Waals surface area (Å²) in [5.41, 5.74) is 2.50. The molecule has 0 unspecified atom stereocenters. The maximum atomic E-state index is 4.69. The van der Waals surface area contributed by atoms with Crippen LogP contribution < -0.4 is 15.5 Å². The Bertz CT molecular complexity index is 697. The number of nitrogens with zero attached hydrogens (tertiary/aromatic N) is 3. The molecular weight excluding hydrogens is 469 g/mol. The molecule has 0 saturated heterocycles. The van der Waals surface area contributed by atoms with Crippen LogP contribution in [0, 0.1) is 5.41 Å². The number of hydrogen-bond acceptors (Lipinski definition) is 4. The number of rotatable bonds is 8. The highest BCUT2D eigenvalue weighted by Gasteiger charge is 2.19. The van der Waals surface area contributed by atoms with Gasteiger partial charge < -0.3 is 15.5 Å². The minimum atomic E-state index is 0. The van der Waals surface area contributed by atoms with Crippen molar-refractivity contribution in [2.45, 2.75) is 33.7 Å². The molecule has 2 N–H and O–H groups in total. The van der Waals surface area contributed by atoms with Gasteiger partial charge in [-0.15, -0.1) is 35.3 Å². The summed E-state index contributed by atoms with van der Waals surface area (Å²) in [4.78, 5) is 11.3. The Morgan fingerprint density at radius 1 is 1.19 bits per heavy atom. The summed E-state index contributed by atoms with van der Waals surface area (Å²) >= 11 is 1.65. The van der Waals surface area contributed by atoms with Crippen molar-refractivity contribution in [2.24, 2.45) is 10.4 Å². The van der Waals surface area contributed by atoms with Crippen LogP contribution in [0.1, 0.15) is 32.0 Å². The molecule has 27 heavy (non-hydrogen) atoms. The van der Waals surface area contributed by atoms with E-state index in [4.69, 9.17) is 0 Å². The van der Waals surface area contributed by atoms with Crippen LogP contribution in [-0.4, -0.2) is 38.1 Å². The molecule has 1 aromatic carbocycles. The third-order valence-electron chi connectivity index (χ3n) is 3.93. The fourth-order valence-corrected chi connectivity index (χ4v) is 3.36. The minimum Gasteiger partial charge on any atom is -0.357 e. The third kappa shape index (κ3) is 8.47. The first-order valence-electron chi connectivity index (χ1n) is 9.07. The van der Waals surface area contributed by atoms with Crippen molar-refractivity contribution in [2.75, 3.05) is 32.1 Å². The van der Waals surface area contributed by atoms with Gasteiger partial charge in [-0.05, 0) is 24.3 Å². The Kier molecular flexibility index (Phi) is 10.1. The van der Waals surface area contributed by atoms with E-state index in [1.807, 2.05) is 19.0 Å². The summed E-state index contributed by atoms with van der Waals surface area (Å²) in [6.07, 6.45) is 1.03. The maximum Gasteiger partial charge on any atom is 0.191 e. The minimum absolute atomic E-state index is 0. The molecule has 1 aromatic heterocycles. The maximum absolute atomic E-state index is 4.69. The molecule has 0 aliphatic heterocycles. The third-order valence-corrected chi connectivity index (χ3v) is 4.98. The van der Waals surface area contributed by atoms with Crippen LogP contribution in [0.2, 0.25) is 0 Å². The van der Waals surface area contributed by atoms with Gasteiger partial charge in [0.15, 0.2) is 11.1 Å². The highest BCUT2D eigenvalue weighted by atomic mass is 127. The summed E-state index contributed by atoms with van der Waals surface area (Å²) in [5.74, 6) is 0.841. The molecule has 0 radical (unpaired) electrons. The van der Waals surface area contributed by atoms with Crippen molar-refractivity contribution in [3.63, 3.8) is 0 Å². The number of aliphatic imine (C=N–C) groups is 1. The largest absolute Gasteiger partial charge is 0.357 e. The number of guanidine groups is 1. The highest BCUT2D eigenvalue weighted by Crippen LogP contribution is 2.21. The van der Waals surface area contributed by atoms with E-state index in [0.717, 1.165) is 36.3 Å². The van der Waals surface area contributed by atoms with Crippen molar-refractivity contribution in [3.05, 3.63) is 47.0 Å². The molecule has 2 rings (SSSR count). The average Bonchev–Trinajstić information content (AvgIpc) is 3.07. The molecule has 7 heteroatoms. The number of nitrogens with one attached hydrogen (secondary N) is 2. The average molecular weight is 501 g/mol. The van der Waals surface area contributed by atoms with Gasteiger partial charge in [-0.2, -0.15) is 0 Å². The second-order valence-electron chi connectivity index (χ2n) is 7.39. The quantitative estimate of drug-likeness (QED) is 0.324. The van der Waals surface area contributed by atoms with Gasteiger partial charge >= 0.3 is 0 Å². The number of halogens is 1. The second-order valence-corrected chi connectivity index (χ2v) is 8.23. The zero-order chi connectivity index (χ0) is 19.0. The van der Waals surface area contributed by atoms with E-state index in [9.17, 15) is 0 Å². The summed E-state index contributed by atoms with van der Waals surface area (Å²) in [7, 11) is 4.01. The van der Waals surface area contributed by atoms with Gasteiger partial charge in [0.25, 0.3) is 0 Å². The summed E-state index contributed by atoms with van der Waals surface area (Å²) < 4.78 is 0. The first-order valence-corrected chi connectivity index (χ1v) is 9.95. The lowest BCUT2D eigenvalue weighted by atomic mass is 9.86. The van der Waals surface area contributed by atoms with Crippen LogP contribution in [0.5, 0.6) is 0 Å². The number of anilines is 1. The van der Waals surface area contributed by atoms with E-state index in [1.165, 1.54) is 5.56 Å². The molecule has 0 saturated carbocycles. The molecule has 0 aliphatic carbocycles. The topological polar surface area (TPSA) is 52.6 Å². The van der Waals surface area contributed by atoms with Crippen molar-refractivity contribution in [1.29, 1.82) is 0 Å². The van der Waals surface area contributed by atoms with E-state index >= 15 is 0 Å². The zero-order valence-corrected chi connectivity index (χ0v) is 20.1. The molecule has 0 fully saturated rings. The Hall–Kier alpha value is -1.35. The van der Waals surface area contributed by atoms with Crippen LogP contribution in [0.4, 0.5) is 5.13 Å². The Labute approximate surface area is 184 Å². The van der Waals surface area contributed by atoms with Gasteiger partial charge in [-0.3, -0.25) is 0 Å². The molecule has 150 valence electrons. The van der Waals surface area contributed by atoms with Gasteiger partial charge in [0.2, 0.25) is 0 Å². The lowest BCUT2D eigenvalue weighted by Gasteiger charge is -2.26. The van der Waals surface area contributed by atoms with Gasteiger partial charge in [-0.25, -0.2) is 9.98 Å². The number of hydrogen-bond donors (Lipinski definition) is 2. The normalized spacial score (nSPS) is 11.7. The van der Waals surface area contributed by atoms with Crippen molar-refractivity contribution >= 4 is 46.4 Å². The molecule has 5 nitrogen and oxygen atoms in total. The lowest BCUT2D eigenvalue weighted by Crippen LogP contribution is -2.42. The molecule has 0 atom stereocenters. The summed E-state index contributed by atoms with van der Waals surface area (Å²) in [5, 5.41) is 9.89. The van der Waals surface area contributed by atoms with Crippen molar-refractivity contribution in [1.82, 2.24) is 15.6 Å². The van der Waals surface area contributed by atoms with E-state index in [2.05, 4.69) is 77.1 Å². The number of thiazole rings is 1. The molecule has 0 aliphatic rings. The van der Waals surface area contributed by atoms with Crippen LogP contribution >= 0.6 is 35.3 Å². The fraction of sp³-hybridized carbons (Fsp3) is 0.500. The van der Waals surface area contributed by atoms with Gasteiger partial charge in [-0.1, -0.05) is 44.2 Å². The zero-order valence-electron chi connectivity index (χ0n) is 17.0. The molecular formula is C20H32IN5S. The number of benzene rings is 1. The van der Waals surface area contributed by atoms with E-state index in [0.29, 0.717) is 6.54 Å². The van der Waals surface area contributed by atoms with Gasteiger partial charge in [0, 0.05) is 32.6 Å². The lowest BCUT2D eigenvalue weighted by molar-refractivity contribution is 0.359. The van der Waals surface area contributed by atoms with Crippen LogP contribution in [0.15, 0.2) is 40.7 Å². The SMILES string of the molecule is CCNC(=NCc1csc(N(C)C)n1)NCC(C)(C)Cc1ccccc1.I. The first kappa shape index (κ1) is 23.7. The monoisotopic (exact) mass is 501 g/mol. The van der Waals surface area contributed by atoms with Gasteiger partial charge in [0.05, 0.1) is 12.2 Å². The highest BCUT2D eigenvalue weighted by molar-refractivity contribution is 14.0. The Morgan fingerprint density at radius 2 is 1.89 bits per heavy atom. The molecule has 2 aromatic rings. The van der Waals surface area contributed by atoms with Crippen molar-refractivity contribution in [3.8, 4) is 0 Å². The fourth-order valence-electron chi connectivity index (χ4n) is 2.61. The number of aromatic nitrogens is 1. The van der Waals surface area contributed by atoms with E-state index < -0.39 is 0 Å². The van der Waals surface area contributed by atoms with E-state index in [-0.39, 0.29) is 29.4 Å². The van der Waals surface area contributed by atoms with Crippen LogP contribution in [-0.2, 0) is 13.0 Å². The summed E-state index contributed by atoms with van der Waals surface area (Å²) in [6.45, 7) is 8.91. The molecule has 0 bridgehead atoms. The van der Waals surface area contributed by atoms with E-state index in [1.54, 1.807) is 11.3 Å². The second kappa shape index (κ2) is 11.5. The van der Waals surface area contributed by atoms with Crippen molar-refractivity contribution < 1.29 is 0 Å². The smallest absolute Gasteiger partial charge is 0.191 e. The molecule has 0 spiro atoms. The predicted molar refractivity (Wildman–Crippen MR) is 129 cm³/mol.